The molecule has 17 heavy (non-hydrogen) atoms. The van der Waals surface area contributed by atoms with E-state index in [4.69, 9.17) is 0 Å². The first-order valence-electron chi connectivity index (χ1n) is 6.92. The van der Waals surface area contributed by atoms with Gasteiger partial charge in [-0.2, -0.15) is 0 Å². The van der Waals surface area contributed by atoms with Crippen LogP contribution in [0.5, 0.6) is 0 Å². The Kier molecular flexibility index (Phi) is 3.28. The first-order chi connectivity index (χ1) is 8.43. The van der Waals surface area contributed by atoms with E-state index in [0.29, 0.717) is 6.04 Å². The molecular weight excluding hydrogens is 206 g/mol. The van der Waals surface area contributed by atoms with Crippen LogP contribution in [0, 0.1) is 0 Å². The van der Waals surface area contributed by atoms with Crippen LogP contribution < -0.4 is 0 Å². The summed E-state index contributed by atoms with van der Waals surface area (Å²) in [6.45, 7) is 1.31. The van der Waals surface area contributed by atoms with Crippen LogP contribution in [0.2, 0.25) is 0 Å². The van der Waals surface area contributed by atoms with Crippen molar-refractivity contribution in [3.8, 4) is 0 Å². The lowest BCUT2D eigenvalue weighted by Gasteiger charge is -2.36. The maximum Gasteiger partial charge on any atom is 0.0284 e. The summed E-state index contributed by atoms with van der Waals surface area (Å²) in [5, 5.41) is 0. The van der Waals surface area contributed by atoms with Gasteiger partial charge in [-0.3, -0.25) is 4.90 Å². The van der Waals surface area contributed by atoms with Gasteiger partial charge in [0.05, 0.1) is 0 Å². The lowest BCUT2D eigenvalue weighted by atomic mass is 9.96. The zero-order valence-corrected chi connectivity index (χ0v) is 10.4. The summed E-state index contributed by atoms with van der Waals surface area (Å²) in [6, 6.07) is 12.2. The van der Waals surface area contributed by atoms with Crippen molar-refractivity contribution in [2.45, 2.75) is 44.2 Å². The van der Waals surface area contributed by atoms with Gasteiger partial charge in [0.15, 0.2) is 0 Å². The third-order valence-corrected chi connectivity index (χ3v) is 4.20. The van der Waals surface area contributed by atoms with Crippen LogP contribution in [0.15, 0.2) is 36.4 Å². The second-order valence-corrected chi connectivity index (χ2v) is 5.30. The summed E-state index contributed by atoms with van der Waals surface area (Å²) < 4.78 is 0. The zero-order chi connectivity index (χ0) is 11.5. The Balaban J connectivity index is 1.70. The molecule has 0 N–H and O–H groups in total. The fourth-order valence-electron chi connectivity index (χ4n) is 3.33. The van der Waals surface area contributed by atoms with E-state index < -0.39 is 0 Å². The minimum absolute atomic E-state index is 0.691. The first-order valence-corrected chi connectivity index (χ1v) is 6.92. The van der Waals surface area contributed by atoms with E-state index in [1.165, 1.54) is 44.2 Å². The number of hydrogen-bond donors (Lipinski definition) is 0. The summed E-state index contributed by atoms with van der Waals surface area (Å²) in [6.07, 6.45) is 11.7. The molecule has 2 atom stereocenters. The number of benzene rings is 1. The molecular formula is C16H21N. The largest absolute Gasteiger partial charge is 0.294 e. The highest BCUT2D eigenvalue weighted by Gasteiger charge is 2.32. The molecule has 0 aromatic heterocycles. The van der Waals surface area contributed by atoms with Crippen molar-refractivity contribution in [1.29, 1.82) is 0 Å². The Morgan fingerprint density at radius 1 is 1.00 bits per heavy atom. The van der Waals surface area contributed by atoms with Crippen LogP contribution in [0.25, 0.3) is 6.08 Å². The quantitative estimate of drug-likeness (QED) is 0.744. The molecule has 2 saturated heterocycles. The predicted molar refractivity (Wildman–Crippen MR) is 72.8 cm³/mol. The normalized spacial score (nSPS) is 29.6. The van der Waals surface area contributed by atoms with Crippen molar-refractivity contribution in [1.82, 2.24) is 4.90 Å². The summed E-state index contributed by atoms with van der Waals surface area (Å²) in [5.41, 5.74) is 1.33. The molecule has 1 nitrogen and oxygen atoms in total. The second-order valence-electron chi connectivity index (χ2n) is 5.30. The average Bonchev–Trinajstić information content (AvgIpc) is 2.86. The van der Waals surface area contributed by atoms with Gasteiger partial charge in [0.2, 0.25) is 0 Å². The molecule has 2 aliphatic heterocycles. The van der Waals surface area contributed by atoms with Crippen LogP contribution in [-0.4, -0.2) is 23.5 Å². The van der Waals surface area contributed by atoms with Gasteiger partial charge >= 0.3 is 0 Å². The smallest absolute Gasteiger partial charge is 0.0284 e. The third-order valence-electron chi connectivity index (χ3n) is 4.20. The molecule has 1 heteroatoms. The maximum absolute atomic E-state index is 2.73. The highest BCUT2D eigenvalue weighted by atomic mass is 15.2. The van der Waals surface area contributed by atoms with Gasteiger partial charge in [-0.15, -0.1) is 0 Å². The molecule has 1 aromatic carbocycles. The monoisotopic (exact) mass is 227 g/mol. The van der Waals surface area contributed by atoms with Gasteiger partial charge in [-0.05, 0) is 37.8 Å². The molecule has 3 rings (SSSR count). The van der Waals surface area contributed by atoms with E-state index in [1.54, 1.807) is 0 Å². The van der Waals surface area contributed by atoms with Crippen LogP contribution >= 0.6 is 0 Å². The molecule has 0 saturated carbocycles. The van der Waals surface area contributed by atoms with Crippen molar-refractivity contribution in [2.75, 3.05) is 6.54 Å². The van der Waals surface area contributed by atoms with E-state index in [2.05, 4.69) is 47.4 Å². The Hall–Kier alpha value is -1.08. The number of fused-ring (bicyclic) bond motifs is 1. The molecule has 2 unspecified atom stereocenters. The van der Waals surface area contributed by atoms with Crippen molar-refractivity contribution in [2.24, 2.45) is 0 Å². The Labute approximate surface area is 104 Å². The minimum Gasteiger partial charge on any atom is -0.294 e. The topological polar surface area (TPSA) is 3.24 Å². The molecule has 0 bridgehead atoms. The summed E-state index contributed by atoms with van der Waals surface area (Å²) >= 11 is 0. The first kappa shape index (κ1) is 11.0. The van der Waals surface area contributed by atoms with Gasteiger partial charge < -0.3 is 0 Å². The molecule has 2 aliphatic rings. The fraction of sp³-hybridized carbons (Fsp3) is 0.500. The summed E-state index contributed by atoms with van der Waals surface area (Å²) in [4.78, 5) is 2.73. The van der Waals surface area contributed by atoms with E-state index in [9.17, 15) is 0 Å². The number of nitrogens with zero attached hydrogens (tertiary/aromatic N) is 1. The van der Waals surface area contributed by atoms with Gasteiger partial charge in [0, 0.05) is 12.1 Å². The molecule has 90 valence electrons. The SMILES string of the molecule is C(=CC1CCCC2CCCN12)c1ccccc1. The molecule has 0 spiro atoms. The van der Waals surface area contributed by atoms with Crippen molar-refractivity contribution in [3.63, 3.8) is 0 Å². The average molecular weight is 227 g/mol. The number of rotatable bonds is 2. The predicted octanol–water partition coefficient (Wildman–Crippen LogP) is 3.72. The van der Waals surface area contributed by atoms with Crippen molar-refractivity contribution in [3.05, 3.63) is 42.0 Å². The molecule has 2 fully saturated rings. The van der Waals surface area contributed by atoms with Crippen molar-refractivity contribution < 1.29 is 0 Å². The fourth-order valence-corrected chi connectivity index (χ4v) is 3.33. The highest BCUT2D eigenvalue weighted by molar-refractivity contribution is 5.49. The van der Waals surface area contributed by atoms with Crippen LogP contribution in [0.3, 0.4) is 0 Å². The molecule has 1 aromatic rings. The zero-order valence-electron chi connectivity index (χ0n) is 10.4. The Morgan fingerprint density at radius 2 is 1.82 bits per heavy atom. The second kappa shape index (κ2) is 5.05. The van der Waals surface area contributed by atoms with Gasteiger partial charge in [0.25, 0.3) is 0 Å². The third kappa shape index (κ3) is 2.44. The van der Waals surface area contributed by atoms with Crippen LogP contribution in [-0.2, 0) is 0 Å². The Morgan fingerprint density at radius 3 is 2.71 bits per heavy atom. The lowest BCUT2D eigenvalue weighted by molar-refractivity contribution is 0.153. The van der Waals surface area contributed by atoms with E-state index in [-0.39, 0.29) is 0 Å². The maximum atomic E-state index is 2.73. The minimum atomic E-state index is 0.691. The molecule has 2 heterocycles. The summed E-state index contributed by atoms with van der Waals surface area (Å²) in [5.74, 6) is 0. The molecule has 0 amide bonds. The highest BCUT2D eigenvalue weighted by Crippen LogP contribution is 2.31. The van der Waals surface area contributed by atoms with E-state index in [0.717, 1.165) is 6.04 Å². The number of hydrogen-bond acceptors (Lipinski definition) is 1. The summed E-state index contributed by atoms with van der Waals surface area (Å²) in [7, 11) is 0. The van der Waals surface area contributed by atoms with E-state index in [1.807, 2.05) is 0 Å². The van der Waals surface area contributed by atoms with Crippen LogP contribution in [0.1, 0.15) is 37.7 Å². The molecule has 0 radical (unpaired) electrons. The van der Waals surface area contributed by atoms with Gasteiger partial charge in [0.1, 0.15) is 0 Å². The number of piperidine rings is 1. The van der Waals surface area contributed by atoms with Gasteiger partial charge in [-0.1, -0.05) is 48.9 Å². The molecule has 0 aliphatic carbocycles. The van der Waals surface area contributed by atoms with E-state index >= 15 is 0 Å². The van der Waals surface area contributed by atoms with Gasteiger partial charge in [-0.25, -0.2) is 0 Å². The Bertz CT molecular complexity index is 382. The lowest BCUT2D eigenvalue weighted by Crippen LogP contribution is -2.41. The van der Waals surface area contributed by atoms with Crippen LogP contribution in [0.4, 0.5) is 0 Å². The van der Waals surface area contributed by atoms with Crippen molar-refractivity contribution >= 4 is 6.08 Å². The standard InChI is InChI=1S/C16H21N/c1-2-6-14(7-3-1)11-12-16-9-4-8-15-10-5-13-17(15)16/h1-3,6-7,11-12,15-16H,4-5,8-10,13H2.